The van der Waals surface area contributed by atoms with Crippen molar-refractivity contribution in [3.05, 3.63) is 82.9 Å². The Bertz CT molecular complexity index is 1390. The van der Waals surface area contributed by atoms with Crippen molar-refractivity contribution in [2.24, 2.45) is 0 Å². The van der Waals surface area contributed by atoms with Gasteiger partial charge in [-0.2, -0.15) is 0 Å². The largest absolute Gasteiger partial charge is 0.493 e. The van der Waals surface area contributed by atoms with Crippen molar-refractivity contribution in [2.75, 3.05) is 25.2 Å². The molecule has 1 N–H and O–H groups in total. The molecule has 3 aromatic carbocycles. The fourth-order valence-corrected chi connectivity index (χ4v) is 5.07. The van der Waals surface area contributed by atoms with Crippen LogP contribution in [0.4, 0.5) is 5.69 Å². The molecule has 0 saturated heterocycles. The summed E-state index contributed by atoms with van der Waals surface area (Å²) in [5.74, 6) is 0.965. The third-order valence-electron chi connectivity index (χ3n) is 7.16. The summed E-state index contributed by atoms with van der Waals surface area (Å²) in [6, 6.07) is 20.0. The number of anilines is 1. The van der Waals surface area contributed by atoms with Crippen molar-refractivity contribution in [1.82, 2.24) is 4.31 Å². The van der Waals surface area contributed by atoms with Gasteiger partial charge < -0.3 is 10.1 Å². The number of aryl methyl sites for hydroxylation is 1. The van der Waals surface area contributed by atoms with Crippen LogP contribution in [0.5, 0.6) is 5.75 Å². The SMILES string of the molecule is Cc1ccc(NC(=O)C2(c3ccc4c(c3)CCO4)CC2)cc1-c1ccc(CN(C)S(C)(=O)=O)cc1. The van der Waals surface area contributed by atoms with E-state index in [0.29, 0.717) is 13.2 Å². The Morgan fingerprint density at radius 1 is 1.06 bits per heavy atom. The molecule has 0 spiro atoms. The summed E-state index contributed by atoms with van der Waals surface area (Å²) < 4.78 is 30.3. The zero-order valence-corrected chi connectivity index (χ0v) is 21.1. The van der Waals surface area contributed by atoms with Crippen LogP contribution >= 0.6 is 0 Å². The monoisotopic (exact) mass is 490 g/mol. The second-order valence-corrected chi connectivity index (χ2v) is 11.8. The molecule has 3 aromatic rings. The minimum absolute atomic E-state index is 0.0327. The van der Waals surface area contributed by atoms with Gasteiger partial charge in [0.05, 0.1) is 18.3 Å². The maximum atomic E-state index is 13.4. The van der Waals surface area contributed by atoms with Crippen molar-refractivity contribution in [3.63, 3.8) is 0 Å². The van der Waals surface area contributed by atoms with Gasteiger partial charge in [0.1, 0.15) is 5.75 Å². The Kier molecular flexibility index (Phi) is 5.93. The van der Waals surface area contributed by atoms with Crippen LogP contribution in [0.1, 0.15) is 35.1 Å². The number of carbonyl (C=O) groups is 1. The predicted octanol–water partition coefficient (Wildman–Crippen LogP) is 4.66. The van der Waals surface area contributed by atoms with Gasteiger partial charge in [-0.3, -0.25) is 4.79 Å². The first kappa shape index (κ1) is 23.6. The first-order valence-electron chi connectivity index (χ1n) is 11.8. The number of sulfonamides is 1. The molecule has 7 heteroatoms. The molecular formula is C28H30N2O4S. The maximum absolute atomic E-state index is 13.4. The summed E-state index contributed by atoms with van der Waals surface area (Å²) >= 11 is 0. The smallest absolute Gasteiger partial charge is 0.235 e. The lowest BCUT2D eigenvalue weighted by atomic mass is 9.92. The standard InChI is InChI=1S/C28H30N2O4S/c1-19-4-10-24(17-25(19)21-7-5-20(6-8-21)18-30(2)35(3,32)33)29-27(31)28(13-14-28)23-9-11-26-22(16-23)12-15-34-26/h4-11,16-17H,12-15,18H2,1-3H3,(H,29,31). The van der Waals surface area contributed by atoms with E-state index in [4.69, 9.17) is 4.74 Å². The Morgan fingerprint density at radius 2 is 1.80 bits per heavy atom. The average Bonchev–Trinajstić information content (AvgIpc) is 3.51. The van der Waals surface area contributed by atoms with Crippen LogP contribution in [0.25, 0.3) is 11.1 Å². The molecule has 1 aliphatic heterocycles. The van der Waals surface area contributed by atoms with Crippen molar-refractivity contribution < 1.29 is 17.9 Å². The predicted molar refractivity (Wildman–Crippen MR) is 138 cm³/mol. The minimum Gasteiger partial charge on any atom is -0.493 e. The second-order valence-electron chi connectivity index (χ2n) is 9.70. The first-order valence-corrected chi connectivity index (χ1v) is 13.7. The number of ether oxygens (including phenoxy) is 1. The molecule has 182 valence electrons. The van der Waals surface area contributed by atoms with Gasteiger partial charge in [0.15, 0.2) is 0 Å². The van der Waals surface area contributed by atoms with Crippen molar-refractivity contribution in [2.45, 2.75) is 38.1 Å². The van der Waals surface area contributed by atoms with Crippen LogP contribution < -0.4 is 10.1 Å². The van der Waals surface area contributed by atoms with Gasteiger partial charge >= 0.3 is 0 Å². The van der Waals surface area contributed by atoms with Gasteiger partial charge in [-0.25, -0.2) is 12.7 Å². The highest BCUT2D eigenvalue weighted by Crippen LogP contribution is 2.50. The highest BCUT2D eigenvalue weighted by molar-refractivity contribution is 7.88. The van der Waals surface area contributed by atoms with Gasteiger partial charge in [0.25, 0.3) is 0 Å². The van der Waals surface area contributed by atoms with Gasteiger partial charge in [0.2, 0.25) is 15.9 Å². The van der Waals surface area contributed by atoms with Crippen molar-refractivity contribution in [3.8, 4) is 16.9 Å². The molecule has 0 aromatic heterocycles. The number of hydrogen-bond acceptors (Lipinski definition) is 4. The Morgan fingerprint density at radius 3 is 2.49 bits per heavy atom. The molecule has 0 radical (unpaired) electrons. The van der Waals surface area contributed by atoms with E-state index in [1.54, 1.807) is 7.05 Å². The van der Waals surface area contributed by atoms with E-state index in [1.807, 2.05) is 61.5 Å². The van der Waals surface area contributed by atoms with Crippen LogP contribution in [0.2, 0.25) is 0 Å². The quantitative estimate of drug-likeness (QED) is 0.523. The van der Waals surface area contributed by atoms with Crippen LogP contribution in [-0.2, 0) is 33.2 Å². The summed E-state index contributed by atoms with van der Waals surface area (Å²) in [5.41, 5.74) is 6.63. The number of amides is 1. The van der Waals surface area contributed by atoms with Gasteiger partial charge in [0, 0.05) is 25.7 Å². The lowest BCUT2D eigenvalue weighted by Crippen LogP contribution is -2.27. The van der Waals surface area contributed by atoms with E-state index >= 15 is 0 Å². The van der Waals surface area contributed by atoms with E-state index in [-0.39, 0.29) is 5.91 Å². The van der Waals surface area contributed by atoms with Gasteiger partial charge in [-0.15, -0.1) is 0 Å². The molecule has 1 aliphatic carbocycles. The van der Waals surface area contributed by atoms with Crippen LogP contribution in [0.3, 0.4) is 0 Å². The maximum Gasteiger partial charge on any atom is 0.235 e. The average molecular weight is 491 g/mol. The van der Waals surface area contributed by atoms with Gasteiger partial charge in [-0.05, 0) is 71.3 Å². The van der Waals surface area contributed by atoms with Crippen LogP contribution in [0, 0.1) is 6.92 Å². The zero-order chi connectivity index (χ0) is 24.8. The number of hydrogen-bond donors (Lipinski definition) is 1. The normalized spacial score (nSPS) is 16.0. The summed E-state index contributed by atoms with van der Waals surface area (Å²) in [7, 11) is -1.66. The third-order valence-corrected chi connectivity index (χ3v) is 8.42. The number of nitrogens with one attached hydrogen (secondary N) is 1. The van der Waals surface area contributed by atoms with E-state index < -0.39 is 15.4 Å². The molecule has 5 rings (SSSR count). The van der Waals surface area contributed by atoms with Crippen LogP contribution in [-0.4, -0.2) is 38.5 Å². The lowest BCUT2D eigenvalue weighted by molar-refractivity contribution is -0.118. The highest BCUT2D eigenvalue weighted by Gasteiger charge is 2.51. The molecule has 0 atom stereocenters. The fraction of sp³-hybridized carbons (Fsp3) is 0.321. The second kappa shape index (κ2) is 8.81. The van der Waals surface area contributed by atoms with Crippen molar-refractivity contribution >= 4 is 21.6 Å². The lowest BCUT2D eigenvalue weighted by Gasteiger charge is -2.18. The molecule has 6 nitrogen and oxygen atoms in total. The third kappa shape index (κ3) is 4.70. The first-order chi connectivity index (χ1) is 16.7. The molecular weight excluding hydrogens is 460 g/mol. The summed E-state index contributed by atoms with van der Waals surface area (Å²) in [6.07, 6.45) is 3.79. The molecule has 1 saturated carbocycles. The van der Waals surface area contributed by atoms with E-state index in [1.165, 1.54) is 16.1 Å². The summed E-state index contributed by atoms with van der Waals surface area (Å²) in [4.78, 5) is 13.4. The molecule has 1 amide bonds. The van der Waals surface area contributed by atoms with E-state index in [9.17, 15) is 13.2 Å². The van der Waals surface area contributed by atoms with E-state index in [2.05, 4.69) is 11.4 Å². The number of benzene rings is 3. The number of nitrogens with zero attached hydrogens (tertiary/aromatic N) is 1. The summed E-state index contributed by atoms with van der Waals surface area (Å²) in [6.45, 7) is 3.08. The highest BCUT2D eigenvalue weighted by atomic mass is 32.2. The molecule has 0 unspecified atom stereocenters. The van der Waals surface area contributed by atoms with Crippen molar-refractivity contribution in [1.29, 1.82) is 0 Å². The Labute approximate surface area is 207 Å². The number of fused-ring (bicyclic) bond motifs is 1. The van der Waals surface area contributed by atoms with Crippen LogP contribution in [0.15, 0.2) is 60.7 Å². The zero-order valence-electron chi connectivity index (χ0n) is 20.3. The molecule has 1 heterocycles. The Balaban J connectivity index is 1.34. The molecule has 35 heavy (non-hydrogen) atoms. The minimum atomic E-state index is -3.23. The number of carbonyl (C=O) groups excluding carboxylic acids is 1. The molecule has 2 aliphatic rings. The molecule has 0 bridgehead atoms. The molecule has 1 fully saturated rings. The van der Waals surface area contributed by atoms with E-state index in [0.717, 1.165) is 58.5 Å². The topological polar surface area (TPSA) is 75.7 Å². The van der Waals surface area contributed by atoms with Gasteiger partial charge in [-0.1, -0.05) is 42.5 Å². The summed E-state index contributed by atoms with van der Waals surface area (Å²) in [5, 5.41) is 3.16. The number of rotatable bonds is 7. The Hall–Kier alpha value is -3.16. The fourth-order valence-electron chi connectivity index (χ4n) is 4.68.